The van der Waals surface area contributed by atoms with Crippen LogP contribution >= 0.6 is 15.6 Å². The van der Waals surface area contributed by atoms with Crippen molar-refractivity contribution in [3.63, 3.8) is 0 Å². The third-order valence-corrected chi connectivity index (χ3v) is 17.3. The van der Waals surface area contributed by atoms with Crippen molar-refractivity contribution in [2.24, 2.45) is 11.8 Å². The zero-order chi connectivity index (χ0) is 61.5. The molecule has 4 unspecified atom stereocenters. The first-order valence-corrected chi connectivity index (χ1v) is 36.6. The fraction of sp³-hybridized carbons (Fsp3) is 0.938. The van der Waals surface area contributed by atoms with Crippen molar-refractivity contribution in [1.82, 2.24) is 0 Å². The van der Waals surface area contributed by atoms with E-state index in [1.807, 2.05) is 0 Å². The molecule has 492 valence electrons. The van der Waals surface area contributed by atoms with Gasteiger partial charge in [0.1, 0.15) is 19.3 Å². The van der Waals surface area contributed by atoms with E-state index in [9.17, 15) is 43.2 Å². The largest absolute Gasteiger partial charge is 0.472 e. The number of hydrogen-bond acceptors (Lipinski definition) is 15. The molecule has 19 heteroatoms. The van der Waals surface area contributed by atoms with E-state index in [0.29, 0.717) is 25.7 Å². The Morgan fingerprint density at radius 1 is 0.337 bits per heavy atom. The molecule has 0 bridgehead atoms. The average Bonchev–Trinajstić information content (AvgIpc) is 3.46. The highest BCUT2D eigenvalue weighted by atomic mass is 31.2. The van der Waals surface area contributed by atoms with Crippen LogP contribution in [0.25, 0.3) is 0 Å². The first-order valence-electron chi connectivity index (χ1n) is 33.6. The molecule has 0 saturated heterocycles. The van der Waals surface area contributed by atoms with Gasteiger partial charge in [-0.15, -0.1) is 0 Å². The van der Waals surface area contributed by atoms with E-state index in [1.54, 1.807) is 0 Å². The Morgan fingerprint density at radius 2 is 0.578 bits per heavy atom. The van der Waals surface area contributed by atoms with Gasteiger partial charge in [0.15, 0.2) is 12.2 Å². The molecule has 0 aliphatic heterocycles. The normalized spacial score (nSPS) is 15.0. The predicted molar refractivity (Wildman–Crippen MR) is 331 cm³/mol. The van der Waals surface area contributed by atoms with Crippen LogP contribution in [0.4, 0.5) is 0 Å². The van der Waals surface area contributed by atoms with E-state index in [0.717, 1.165) is 108 Å². The molecule has 0 saturated carbocycles. The molecular formula is C64H124O17P2. The molecule has 0 aromatic rings. The monoisotopic (exact) mass is 1230 g/mol. The highest BCUT2D eigenvalue weighted by Crippen LogP contribution is 2.45. The number of carbonyl (C=O) groups is 4. The third-order valence-electron chi connectivity index (χ3n) is 15.4. The van der Waals surface area contributed by atoms with Crippen molar-refractivity contribution in [3.05, 3.63) is 0 Å². The van der Waals surface area contributed by atoms with Gasteiger partial charge < -0.3 is 33.8 Å². The molecule has 0 rings (SSSR count). The van der Waals surface area contributed by atoms with E-state index in [-0.39, 0.29) is 25.7 Å². The molecule has 0 spiro atoms. The molecule has 0 aromatic heterocycles. The van der Waals surface area contributed by atoms with E-state index in [2.05, 4.69) is 41.5 Å². The minimum absolute atomic E-state index is 0.102. The molecule has 0 amide bonds. The second kappa shape index (κ2) is 56.6. The van der Waals surface area contributed by atoms with Crippen molar-refractivity contribution < 1.29 is 80.2 Å². The maximum atomic E-state index is 13.0. The summed E-state index contributed by atoms with van der Waals surface area (Å²) in [5.41, 5.74) is 0. The van der Waals surface area contributed by atoms with Crippen LogP contribution in [0.2, 0.25) is 0 Å². The van der Waals surface area contributed by atoms with Gasteiger partial charge in [-0.2, -0.15) is 0 Å². The fourth-order valence-corrected chi connectivity index (χ4v) is 11.0. The molecule has 7 atom stereocenters. The summed E-state index contributed by atoms with van der Waals surface area (Å²) in [5, 5.41) is 10.5. The zero-order valence-electron chi connectivity index (χ0n) is 53.5. The van der Waals surface area contributed by atoms with Gasteiger partial charge in [-0.05, 0) is 37.5 Å². The second-order valence-electron chi connectivity index (χ2n) is 23.6. The number of esters is 4. The van der Waals surface area contributed by atoms with Gasteiger partial charge in [-0.25, -0.2) is 9.13 Å². The SMILES string of the molecule is CCCCCCCCCCCCCCCCCCC(=O)O[C@H](COC(=O)CCCCCCCCCCC(C)CC)COP(=O)(O)OC[C@@H](O)COP(=O)(O)OC[C@@H](COC(=O)CCCCCCC)OC(=O)CCCCCCCCC(C)CC. The standard InChI is InChI=1S/C64H124O17P2/c1-7-11-13-15-16-17-18-19-20-21-22-23-24-29-36-42-48-63(68)80-60(53-75-62(67)47-41-35-28-26-25-27-33-38-44-56(5)9-3)55-79-83(72,73)77-51-58(65)50-76-82(70,71)78-54-59(52-74-61(66)46-40-32-14-12-8-2)81-64(69)49-43-37-31-30-34-39-45-57(6)10-4/h56-60,65H,7-55H2,1-6H3,(H,70,71)(H,72,73)/t56?,57?,58-,59+,60+/m0/s1. The summed E-state index contributed by atoms with van der Waals surface area (Å²) in [6, 6.07) is 0. The number of phosphoric ester groups is 2. The molecule has 0 radical (unpaired) electrons. The lowest BCUT2D eigenvalue weighted by Crippen LogP contribution is -2.30. The molecule has 83 heavy (non-hydrogen) atoms. The Balaban J connectivity index is 5.18. The number of aliphatic hydroxyl groups is 1. The summed E-state index contributed by atoms with van der Waals surface area (Å²) in [6.07, 6.45) is 39.3. The Morgan fingerprint density at radius 3 is 0.855 bits per heavy atom. The van der Waals surface area contributed by atoms with Crippen LogP contribution in [0, 0.1) is 11.8 Å². The van der Waals surface area contributed by atoms with Crippen molar-refractivity contribution in [3.8, 4) is 0 Å². The minimum Gasteiger partial charge on any atom is -0.462 e. The first kappa shape index (κ1) is 81.1. The predicted octanol–water partition coefficient (Wildman–Crippen LogP) is 17.7. The van der Waals surface area contributed by atoms with E-state index in [1.165, 1.54) is 128 Å². The van der Waals surface area contributed by atoms with Crippen molar-refractivity contribution in [1.29, 1.82) is 0 Å². The lowest BCUT2D eigenvalue weighted by atomic mass is 9.99. The summed E-state index contributed by atoms with van der Waals surface area (Å²) >= 11 is 0. The van der Waals surface area contributed by atoms with E-state index < -0.39 is 97.5 Å². The lowest BCUT2D eigenvalue weighted by Gasteiger charge is -2.21. The molecule has 0 heterocycles. The highest BCUT2D eigenvalue weighted by molar-refractivity contribution is 7.47. The third kappa shape index (κ3) is 56.3. The van der Waals surface area contributed by atoms with Gasteiger partial charge in [-0.3, -0.25) is 37.3 Å². The van der Waals surface area contributed by atoms with Crippen LogP contribution in [-0.4, -0.2) is 96.7 Å². The Hall–Kier alpha value is -1.94. The van der Waals surface area contributed by atoms with Gasteiger partial charge in [0.05, 0.1) is 26.4 Å². The molecule has 0 aliphatic rings. The molecule has 17 nitrogen and oxygen atoms in total. The summed E-state index contributed by atoms with van der Waals surface area (Å²) in [6.45, 7) is 9.36. The Bertz CT molecular complexity index is 1640. The van der Waals surface area contributed by atoms with Gasteiger partial charge in [0, 0.05) is 25.7 Å². The van der Waals surface area contributed by atoms with Gasteiger partial charge in [0.25, 0.3) is 0 Å². The van der Waals surface area contributed by atoms with Crippen LogP contribution in [-0.2, 0) is 65.4 Å². The maximum absolute atomic E-state index is 13.0. The first-order chi connectivity index (χ1) is 39.9. The van der Waals surface area contributed by atoms with Crippen LogP contribution in [0.3, 0.4) is 0 Å². The maximum Gasteiger partial charge on any atom is 0.472 e. The van der Waals surface area contributed by atoms with E-state index in [4.69, 9.17) is 37.0 Å². The van der Waals surface area contributed by atoms with Crippen molar-refractivity contribution >= 4 is 39.5 Å². The summed E-state index contributed by atoms with van der Waals surface area (Å²) < 4.78 is 67.8. The zero-order valence-corrected chi connectivity index (χ0v) is 55.3. The summed E-state index contributed by atoms with van der Waals surface area (Å²) in [4.78, 5) is 72.0. The smallest absolute Gasteiger partial charge is 0.462 e. The number of unbranched alkanes of at least 4 members (excludes halogenated alkanes) is 31. The van der Waals surface area contributed by atoms with Crippen LogP contribution in [0.5, 0.6) is 0 Å². The molecule has 0 fully saturated rings. The summed E-state index contributed by atoms with van der Waals surface area (Å²) in [5.74, 6) is -0.648. The quantitative estimate of drug-likeness (QED) is 0.0222. The number of phosphoric acid groups is 2. The van der Waals surface area contributed by atoms with Crippen molar-refractivity contribution in [2.75, 3.05) is 39.6 Å². The fourth-order valence-electron chi connectivity index (χ4n) is 9.47. The summed E-state index contributed by atoms with van der Waals surface area (Å²) in [7, 11) is -9.88. The van der Waals surface area contributed by atoms with Crippen LogP contribution in [0.15, 0.2) is 0 Å². The van der Waals surface area contributed by atoms with Gasteiger partial charge >= 0.3 is 39.5 Å². The second-order valence-corrected chi connectivity index (χ2v) is 26.5. The Kier molecular flexibility index (Phi) is 55.2. The minimum atomic E-state index is -4.94. The van der Waals surface area contributed by atoms with Crippen LogP contribution < -0.4 is 0 Å². The average molecular weight is 1230 g/mol. The lowest BCUT2D eigenvalue weighted by molar-refractivity contribution is -0.161. The Labute approximate surface area is 505 Å². The number of aliphatic hydroxyl groups excluding tert-OH is 1. The van der Waals surface area contributed by atoms with Gasteiger partial charge in [0.2, 0.25) is 0 Å². The van der Waals surface area contributed by atoms with Crippen molar-refractivity contribution in [2.45, 2.75) is 336 Å². The van der Waals surface area contributed by atoms with Gasteiger partial charge in [-0.1, -0.05) is 266 Å². The number of rotatable bonds is 63. The van der Waals surface area contributed by atoms with Crippen LogP contribution in [0.1, 0.15) is 318 Å². The molecule has 0 aliphatic carbocycles. The van der Waals surface area contributed by atoms with E-state index >= 15 is 0 Å². The highest BCUT2D eigenvalue weighted by Gasteiger charge is 2.30. The molecular weight excluding hydrogens is 1100 g/mol. The number of hydrogen-bond donors (Lipinski definition) is 3. The molecule has 0 aromatic carbocycles. The molecule has 3 N–H and O–H groups in total. The number of ether oxygens (including phenoxy) is 4. The topological polar surface area (TPSA) is 237 Å². The number of carbonyl (C=O) groups excluding carboxylic acids is 4.